The number of benzene rings is 2. The first-order valence-electron chi connectivity index (χ1n) is 14.6. The molecule has 2 atom stereocenters. The summed E-state index contributed by atoms with van der Waals surface area (Å²) in [7, 11) is 0. The number of hydrogen-bond acceptors (Lipinski definition) is 4. The lowest BCUT2D eigenvalue weighted by Gasteiger charge is -2.35. The molecule has 0 fully saturated rings. The normalized spacial score (nSPS) is 13.0. The fourth-order valence-corrected chi connectivity index (χ4v) is 5.13. The van der Waals surface area contributed by atoms with Crippen molar-refractivity contribution in [2.45, 2.75) is 106 Å². The lowest BCUT2D eigenvalue weighted by atomic mass is 9.96. The summed E-state index contributed by atoms with van der Waals surface area (Å²) in [5, 5.41) is 6.24. The zero-order valence-electron chi connectivity index (χ0n) is 26.2. The first-order valence-corrected chi connectivity index (χ1v) is 14.9. The van der Waals surface area contributed by atoms with Crippen molar-refractivity contribution >= 4 is 35.2 Å². The van der Waals surface area contributed by atoms with E-state index >= 15 is 0 Å². The van der Waals surface area contributed by atoms with E-state index in [1.807, 2.05) is 65.0 Å². The molecule has 226 valence electrons. The van der Waals surface area contributed by atoms with Crippen molar-refractivity contribution < 1.29 is 19.1 Å². The van der Waals surface area contributed by atoms with E-state index in [9.17, 15) is 14.4 Å². The Morgan fingerprint density at radius 1 is 1.00 bits per heavy atom. The van der Waals surface area contributed by atoms with Gasteiger partial charge in [-0.25, -0.2) is 4.79 Å². The minimum atomic E-state index is -0.941. The zero-order chi connectivity index (χ0) is 30.9. The van der Waals surface area contributed by atoms with E-state index in [1.165, 1.54) is 0 Å². The monoisotopic (exact) mass is 585 g/mol. The van der Waals surface area contributed by atoms with Crippen LogP contribution in [0.3, 0.4) is 0 Å². The number of carbonyl (C=O) groups excluding carboxylic acids is 3. The lowest BCUT2D eigenvalue weighted by Crippen LogP contribution is -2.53. The number of halogens is 1. The average Bonchev–Trinajstić information content (AvgIpc) is 2.83. The molecule has 2 rings (SSSR count). The number of anilines is 1. The van der Waals surface area contributed by atoms with Crippen molar-refractivity contribution in [1.29, 1.82) is 0 Å². The number of ether oxygens (including phenoxy) is 1. The van der Waals surface area contributed by atoms with Crippen LogP contribution in [0, 0.1) is 26.7 Å². The number of nitrogens with zero attached hydrogens (tertiary/aromatic N) is 1. The molecule has 8 heteroatoms. The fraction of sp³-hybridized carbons (Fsp3) is 0.545. The van der Waals surface area contributed by atoms with E-state index in [4.69, 9.17) is 16.3 Å². The molecule has 0 aliphatic rings. The number of unbranched alkanes of at least 4 members (excludes halogenated alkanes) is 2. The van der Waals surface area contributed by atoms with E-state index in [0.717, 1.165) is 29.5 Å². The summed E-state index contributed by atoms with van der Waals surface area (Å²) in [6.07, 6.45) is 2.29. The molecular formula is C33H48ClN3O4. The van der Waals surface area contributed by atoms with E-state index < -0.39 is 23.8 Å². The Morgan fingerprint density at radius 2 is 1.63 bits per heavy atom. The van der Waals surface area contributed by atoms with Gasteiger partial charge in [-0.1, -0.05) is 86.7 Å². The summed E-state index contributed by atoms with van der Waals surface area (Å²) >= 11 is 6.48. The van der Waals surface area contributed by atoms with Gasteiger partial charge in [-0.15, -0.1) is 0 Å². The van der Waals surface area contributed by atoms with Crippen molar-refractivity contribution in [2.24, 2.45) is 5.92 Å². The first kappa shape index (κ1) is 34.1. The van der Waals surface area contributed by atoms with Crippen LogP contribution < -0.4 is 10.6 Å². The molecule has 2 aromatic rings. The second-order valence-corrected chi connectivity index (χ2v) is 12.7. The third-order valence-corrected chi connectivity index (χ3v) is 6.89. The molecule has 0 heterocycles. The van der Waals surface area contributed by atoms with E-state index in [1.54, 1.807) is 31.7 Å². The van der Waals surface area contributed by atoms with Crippen molar-refractivity contribution in [3.05, 3.63) is 63.7 Å². The van der Waals surface area contributed by atoms with Crippen LogP contribution in [0.2, 0.25) is 5.02 Å². The summed E-state index contributed by atoms with van der Waals surface area (Å²) < 4.78 is 5.49. The van der Waals surface area contributed by atoms with E-state index in [0.29, 0.717) is 35.7 Å². The second-order valence-electron chi connectivity index (χ2n) is 12.3. The van der Waals surface area contributed by atoms with Crippen LogP contribution in [0.1, 0.15) is 95.5 Å². The van der Waals surface area contributed by atoms with E-state index in [2.05, 4.69) is 17.6 Å². The number of hydrogen-bond donors (Lipinski definition) is 2. The number of carbonyl (C=O) groups is 3. The highest BCUT2D eigenvalue weighted by atomic mass is 35.5. The van der Waals surface area contributed by atoms with E-state index in [-0.39, 0.29) is 17.7 Å². The van der Waals surface area contributed by atoms with Gasteiger partial charge in [0.2, 0.25) is 5.91 Å². The third kappa shape index (κ3) is 10.7. The van der Waals surface area contributed by atoms with Gasteiger partial charge in [-0.3, -0.25) is 9.59 Å². The molecule has 2 unspecified atom stereocenters. The molecule has 0 radical (unpaired) electrons. The maximum absolute atomic E-state index is 14.4. The highest BCUT2D eigenvalue weighted by Gasteiger charge is 2.37. The average molecular weight is 586 g/mol. The first-order chi connectivity index (χ1) is 19.1. The number of para-hydroxylation sites is 1. The molecule has 0 aliphatic carbocycles. The van der Waals surface area contributed by atoms with Gasteiger partial charge in [-0.2, -0.15) is 0 Å². The topological polar surface area (TPSA) is 87.7 Å². The predicted molar refractivity (Wildman–Crippen MR) is 167 cm³/mol. The Bertz CT molecular complexity index is 1160. The van der Waals surface area contributed by atoms with Gasteiger partial charge in [0.15, 0.2) is 0 Å². The molecule has 0 aliphatic heterocycles. The second kappa shape index (κ2) is 15.2. The van der Waals surface area contributed by atoms with Crippen LogP contribution in [0.5, 0.6) is 0 Å². The molecule has 0 bridgehead atoms. The lowest BCUT2D eigenvalue weighted by molar-refractivity contribution is -0.141. The summed E-state index contributed by atoms with van der Waals surface area (Å²) in [6.45, 7) is 17.6. The van der Waals surface area contributed by atoms with Gasteiger partial charge in [0.05, 0.1) is 10.7 Å². The third-order valence-electron chi connectivity index (χ3n) is 6.57. The predicted octanol–water partition coefficient (Wildman–Crippen LogP) is 7.90. The molecular weight excluding hydrogens is 538 g/mol. The minimum absolute atomic E-state index is 0.107. The molecule has 7 nitrogen and oxygen atoms in total. The van der Waals surface area contributed by atoms with Gasteiger partial charge in [0.25, 0.3) is 5.91 Å². The Kier molecular flexibility index (Phi) is 12.7. The molecule has 0 spiro atoms. The number of nitrogens with one attached hydrogen (secondary N) is 2. The maximum Gasteiger partial charge on any atom is 0.408 e. The van der Waals surface area contributed by atoms with Crippen LogP contribution in [0.25, 0.3) is 0 Å². The van der Waals surface area contributed by atoms with Crippen molar-refractivity contribution in [3.8, 4) is 0 Å². The van der Waals surface area contributed by atoms with Gasteiger partial charge in [0.1, 0.15) is 17.7 Å². The zero-order valence-corrected chi connectivity index (χ0v) is 26.9. The molecule has 2 N–H and O–H groups in total. The van der Waals surface area contributed by atoms with Gasteiger partial charge in [-0.05, 0) is 77.5 Å². The van der Waals surface area contributed by atoms with Crippen LogP contribution >= 0.6 is 11.6 Å². The molecule has 41 heavy (non-hydrogen) atoms. The minimum Gasteiger partial charge on any atom is -0.444 e. The van der Waals surface area contributed by atoms with Crippen LogP contribution in [-0.2, 0) is 14.3 Å². The quantitative estimate of drug-likeness (QED) is 0.248. The van der Waals surface area contributed by atoms with Crippen molar-refractivity contribution in [1.82, 2.24) is 10.2 Å². The SMILES string of the molecule is CCCCCN(C(=O)C(CC(C)C)NC(=O)OC(C)(C)C)C(C(=O)Nc1c(C)cccc1Cl)c1cc(C)cc(C)c1. The number of alkyl carbamates (subject to hydrolysis) is 1. The Hall–Kier alpha value is -3.06. The Balaban J connectivity index is 2.63. The highest BCUT2D eigenvalue weighted by Crippen LogP contribution is 2.31. The Morgan fingerprint density at radius 3 is 2.17 bits per heavy atom. The van der Waals surface area contributed by atoms with Crippen molar-refractivity contribution in [2.75, 3.05) is 11.9 Å². The van der Waals surface area contributed by atoms with Gasteiger partial charge >= 0.3 is 6.09 Å². The molecule has 3 amide bonds. The standard InChI is InChI=1S/C33H48ClN3O4/c1-10-11-12-16-37(31(39)27(17-21(2)3)35-32(40)41-33(7,8)9)29(25-19-22(4)18-23(5)20-25)30(38)36-28-24(6)14-13-15-26(28)34/h13-15,18-21,27,29H,10-12,16-17H2,1-9H3,(H,35,40)(H,36,38). The summed E-state index contributed by atoms with van der Waals surface area (Å²) in [5.41, 5.74) is 3.29. The van der Waals surface area contributed by atoms with Crippen LogP contribution in [0.4, 0.5) is 10.5 Å². The maximum atomic E-state index is 14.4. The molecule has 0 saturated heterocycles. The largest absolute Gasteiger partial charge is 0.444 e. The number of amides is 3. The fourth-order valence-electron chi connectivity index (χ4n) is 4.86. The molecule has 0 saturated carbocycles. The number of aryl methyl sites for hydroxylation is 3. The molecule has 2 aromatic carbocycles. The smallest absolute Gasteiger partial charge is 0.408 e. The van der Waals surface area contributed by atoms with Gasteiger partial charge < -0.3 is 20.3 Å². The number of rotatable bonds is 12. The summed E-state index contributed by atoms with van der Waals surface area (Å²) in [4.78, 5) is 43.0. The van der Waals surface area contributed by atoms with Crippen molar-refractivity contribution in [3.63, 3.8) is 0 Å². The molecule has 0 aromatic heterocycles. The van der Waals surface area contributed by atoms with Crippen LogP contribution in [0.15, 0.2) is 36.4 Å². The highest BCUT2D eigenvalue weighted by molar-refractivity contribution is 6.34. The van der Waals surface area contributed by atoms with Gasteiger partial charge in [0, 0.05) is 6.54 Å². The Labute approximate surface area is 251 Å². The summed E-state index contributed by atoms with van der Waals surface area (Å²) in [6, 6.07) is 9.54. The summed E-state index contributed by atoms with van der Waals surface area (Å²) in [5.74, 6) is -0.580. The van der Waals surface area contributed by atoms with Crippen LogP contribution in [-0.4, -0.2) is 41.0 Å².